The minimum atomic E-state index is 0.189. The van der Waals surface area contributed by atoms with E-state index in [0.29, 0.717) is 6.42 Å². The second kappa shape index (κ2) is 9.51. The van der Waals surface area contributed by atoms with E-state index >= 15 is 0 Å². The van der Waals surface area contributed by atoms with E-state index in [1.54, 1.807) is 0 Å². The van der Waals surface area contributed by atoms with Crippen LogP contribution in [0, 0.1) is 0 Å². The van der Waals surface area contributed by atoms with E-state index in [1.807, 2.05) is 42.2 Å². The van der Waals surface area contributed by atoms with E-state index in [9.17, 15) is 4.79 Å². The van der Waals surface area contributed by atoms with Gasteiger partial charge < -0.3 is 4.90 Å². The molecule has 3 rings (SSSR count). The first-order valence-electron chi connectivity index (χ1n) is 9.60. The average Bonchev–Trinajstić information content (AvgIpc) is 2.70. The number of hydrogen-bond acceptors (Lipinski definition) is 3. The van der Waals surface area contributed by atoms with Crippen LogP contribution >= 0.6 is 0 Å². The zero-order valence-electron chi connectivity index (χ0n) is 15.7. The molecule has 0 N–H and O–H groups in total. The highest BCUT2D eigenvalue weighted by molar-refractivity contribution is 5.93. The molecule has 0 aliphatic carbocycles. The van der Waals surface area contributed by atoms with Crippen molar-refractivity contribution in [2.24, 2.45) is 0 Å². The lowest BCUT2D eigenvalue weighted by Gasteiger charge is -2.36. The highest BCUT2D eigenvalue weighted by Crippen LogP contribution is 2.16. The normalized spacial score (nSPS) is 15.7. The smallest absolute Gasteiger partial charge is 0.226 e. The summed E-state index contributed by atoms with van der Waals surface area (Å²) in [7, 11) is 0. The molecule has 0 saturated carbocycles. The van der Waals surface area contributed by atoms with Gasteiger partial charge in [-0.05, 0) is 24.1 Å². The molecule has 1 amide bonds. The topological polar surface area (TPSA) is 26.8 Å². The van der Waals surface area contributed by atoms with Crippen molar-refractivity contribution in [3.05, 3.63) is 66.2 Å². The lowest BCUT2D eigenvalue weighted by Crippen LogP contribution is -2.47. The van der Waals surface area contributed by atoms with E-state index in [-0.39, 0.29) is 5.91 Å². The third-order valence-corrected chi connectivity index (χ3v) is 4.91. The van der Waals surface area contributed by atoms with Crippen molar-refractivity contribution in [1.29, 1.82) is 0 Å². The van der Waals surface area contributed by atoms with Gasteiger partial charge in [0.05, 0.1) is 6.67 Å². The molecular weight excluding hydrogens is 322 g/mol. The molecule has 26 heavy (non-hydrogen) atoms. The molecule has 4 heteroatoms. The van der Waals surface area contributed by atoms with Gasteiger partial charge in [-0.2, -0.15) is 0 Å². The van der Waals surface area contributed by atoms with Gasteiger partial charge in [-0.25, -0.2) is 0 Å². The van der Waals surface area contributed by atoms with E-state index in [1.165, 1.54) is 12.0 Å². The van der Waals surface area contributed by atoms with Crippen molar-refractivity contribution in [1.82, 2.24) is 9.80 Å². The van der Waals surface area contributed by atoms with Crippen LogP contribution < -0.4 is 4.90 Å². The van der Waals surface area contributed by atoms with Crippen molar-refractivity contribution in [3.63, 3.8) is 0 Å². The monoisotopic (exact) mass is 351 g/mol. The maximum absolute atomic E-state index is 12.4. The number of amides is 1. The lowest BCUT2D eigenvalue weighted by atomic mass is 10.2. The van der Waals surface area contributed by atoms with Gasteiger partial charge in [0, 0.05) is 44.8 Å². The van der Waals surface area contributed by atoms with Gasteiger partial charge in [0.2, 0.25) is 5.91 Å². The van der Waals surface area contributed by atoms with Crippen molar-refractivity contribution in [2.45, 2.75) is 26.3 Å². The third-order valence-electron chi connectivity index (χ3n) is 4.91. The van der Waals surface area contributed by atoms with Crippen LogP contribution in [0.5, 0.6) is 0 Å². The molecule has 1 aliphatic heterocycles. The first-order valence-corrected chi connectivity index (χ1v) is 9.60. The molecule has 0 bridgehead atoms. The van der Waals surface area contributed by atoms with Crippen molar-refractivity contribution >= 4 is 11.6 Å². The number of para-hydroxylation sites is 1. The van der Waals surface area contributed by atoms with Gasteiger partial charge in [0.15, 0.2) is 0 Å². The van der Waals surface area contributed by atoms with Crippen molar-refractivity contribution < 1.29 is 4.79 Å². The highest BCUT2D eigenvalue weighted by atomic mass is 16.2. The van der Waals surface area contributed by atoms with E-state index in [2.05, 4.69) is 40.1 Å². The molecule has 1 aliphatic rings. The van der Waals surface area contributed by atoms with Gasteiger partial charge in [-0.1, -0.05) is 55.5 Å². The zero-order valence-corrected chi connectivity index (χ0v) is 15.7. The summed E-state index contributed by atoms with van der Waals surface area (Å²) in [5.41, 5.74) is 2.36. The molecule has 0 aromatic heterocycles. The summed E-state index contributed by atoms with van der Waals surface area (Å²) in [6.07, 6.45) is 1.72. The van der Waals surface area contributed by atoms with Gasteiger partial charge in [0.25, 0.3) is 0 Å². The Morgan fingerprint density at radius 2 is 1.62 bits per heavy atom. The minimum absolute atomic E-state index is 0.189. The number of hydrogen-bond donors (Lipinski definition) is 0. The molecule has 2 aromatic rings. The molecule has 138 valence electrons. The van der Waals surface area contributed by atoms with Crippen LogP contribution in [-0.4, -0.2) is 48.6 Å². The Morgan fingerprint density at radius 3 is 2.31 bits per heavy atom. The summed E-state index contributed by atoms with van der Waals surface area (Å²) in [6, 6.07) is 20.7. The molecular formula is C22H29N3O. The fourth-order valence-electron chi connectivity index (χ4n) is 3.53. The van der Waals surface area contributed by atoms with Crippen LogP contribution in [0.4, 0.5) is 5.69 Å². The summed E-state index contributed by atoms with van der Waals surface area (Å²) in [6.45, 7) is 7.80. The molecule has 0 atom stereocenters. The summed E-state index contributed by atoms with van der Waals surface area (Å²) in [5.74, 6) is 0.189. The summed E-state index contributed by atoms with van der Waals surface area (Å²) in [4.78, 5) is 19.3. The SMILES string of the molecule is CCC(=O)N(CCN1CCCN(Cc2ccccc2)C1)c1ccccc1. The molecule has 0 radical (unpaired) electrons. The number of carbonyl (C=O) groups is 1. The molecule has 2 aromatic carbocycles. The Bertz CT molecular complexity index is 674. The Hall–Kier alpha value is -2.17. The second-order valence-electron chi connectivity index (χ2n) is 6.89. The van der Waals surface area contributed by atoms with Crippen LogP contribution in [0.2, 0.25) is 0 Å². The number of anilines is 1. The van der Waals surface area contributed by atoms with E-state index in [0.717, 1.165) is 45.1 Å². The predicted octanol–water partition coefficient (Wildman–Crippen LogP) is 3.60. The van der Waals surface area contributed by atoms with Crippen LogP contribution in [0.25, 0.3) is 0 Å². The zero-order chi connectivity index (χ0) is 18.2. The van der Waals surface area contributed by atoms with Gasteiger partial charge in [-0.3, -0.25) is 14.6 Å². The standard InChI is InChI=1S/C22H29N3O/c1-2-22(26)25(21-12-7-4-8-13-21)17-16-23-14-9-15-24(19-23)18-20-10-5-3-6-11-20/h3-8,10-13H,2,9,14-19H2,1H3. The maximum Gasteiger partial charge on any atom is 0.226 e. The third kappa shape index (κ3) is 5.16. The van der Waals surface area contributed by atoms with Gasteiger partial charge >= 0.3 is 0 Å². The van der Waals surface area contributed by atoms with Crippen LogP contribution in [0.15, 0.2) is 60.7 Å². The largest absolute Gasteiger partial charge is 0.311 e. The molecule has 4 nitrogen and oxygen atoms in total. The molecule has 0 spiro atoms. The van der Waals surface area contributed by atoms with Crippen molar-refractivity contribution in [3.8, 4) is 0 Å². The van der Waals surface area contributed by atoms with Gasteiger partial charge in [-0.15, -0.1) is 0 Å². The fourth-order valence-corrected chi connectivity index (χ4v) is 3.53. The maximum atomic E-state index is 12.4. The number of nitrogens with zero attached hydrogens (tertiary/aromatic N) is 3. The number of carbonyl (C=O) groups excluding carboxylic acids is 1. The van der Waals surface area contributed by atoms with E-state index < -0.39 is 0 Å². The van der Waals surface area contributed by atoms with Crippen LogP contribution in [0.3, 0.4) is 0 Å². The van der Waals surface area contributed by atoms with Crippen LogP contribution in [0.1, 0.15) is 25.3 Å². The predicted molar refractivity (Wildman–Crippen MR) is 107 cm³/mol. The van der Waals surface area contributed by atoms with Crippen LogP contribution in [-0.2, 0) is 11.3 Å². The Kier molecular flexibility index (Phi) is 6.81. The minimum Gasteiger partial charge on any atom is -0.311 e. The molecule has 0 unspecified atom stereocenters. The molecule has 1 saturated heterocycles. The number of rotatable bonds is 7. The molecule has 1 heterocycles. The Labute approximate surface area is 157 Å². The first kappa shape index (κ1) is 18.6. The summed E-state index contributed by atoms with van der Waals surface area (Å²) in [5, 5.41) is 0. The summed E-state index contributed by atoms with van der Waals surface area (Å²) >= 11 is 0. The van der Waals surface area contributed by atoms with E-state index in [4.69, 9.17) is 0 Å². The van der Waals surface area contributed by atoms with Gasteiger partial charge in [0.1, 0.15) is 0 Å². The average molecular weight is 351 g/mol. The lowest BCUT2D eigenvalue weighted by molar-refractivity contribution is -0.118. The fraction of sp³-hybridized carbons (Fsp3) is 0.409. The Morgan fingerprint density at radius 1 is 0.962 bits per heavy atom. The first-order chi connectivity index (χ1) is 12.8. The summed E-state index contributed by atoms with van der Waals surface area (Å²) < 4.78 is 0. The highest BCUT2D eigenvalue weighted by Gasteiger charge is 2.20. The quantitative estimate of drug-likeness (QED) is 0.763. The van der Waals surface area contributed by atoms with Crippen molar-refractivity contribution in [2.75, 3.05) is 37.7 Å². The second-order valence-corrected chi connectivity index (χ2v) is 6.89. The Balaban J connectivity index is 1.56. The number of benzene rings is 2. The molecule has 1 fully saturated rings.